The van der Waals surface area contributed by atoms with Gasteiger partial charge >= 0.3 is 0 Å². The van der Waals surface area contributed by atoms with Gasteiger partial charge in [0.25, 0.3) is 0 Å². The number of hydrogen-bond donors (Lipinski definition) is 0. The molecular formula is C34H16N6. The Balaban J connectivity index is 1.85. The van der Waals surface area contributed by atoms with Gasteiger partial charge in [0, 0.05) is 21.5 Å². The van der Waals surface area contributed by atoms with E-state index in [-0.39, 0.29) is 0 Å². The Morgan fingerprint density at radius 1 is 0.375 bits per heavy atom. The van der Waals surface area contributed by atoms with Crippen molar-refractivity contribution in [2.45, 2.75) is 0 Å². The van der Waals surface area contributed by atoms with Gasteiger partial charge in [0.15, 0.2) is 0 Å². The molecule has 0 aliphatic heterocycles. The highest BCUT2D eigenvalue weighted by atomic mass is 15.1. The molecule has 6 nitrogen and oxygen atoms in total. The maximum absolute atomic E-state index is 10.1. The van der Waals surface area contributed by atoms with Crippen LogP contribution in [-0.4, -0.2) is 9.13 Å². The average molecular weight is 509 g/mol. The summed E-state index contributed by atoms with van der Waals surface area (Å²) in [5, 5.41) is 44.3. The Bertz CT molecular complexity index is 2140. The Kier molecular flexibility index (Phi) is 4.91. The molecule has 5 aromatic carbocycles. The van der Waals surface area contributed by atoms with Gasteiger partial charge in [0.05, 0.1) is 55.7 Å². The Labute approximate surface area is 228 Å². The number of rotatable bonds is 2. The van der Waals surface area contributed by atoms with E-state index in [4.69, 9.17) is 0 Å². The first kappa shape index (κ1) is 22.8. The first-order chi connectivity index (χ1) is 19.7. The largest absolute Gasteiger partial charge is 0.305 e. The van der Waals surface area contributed by atoms with Crippen molar-refractivity contribution >= 4 is 43.6 Å². The summed E-state index contributed by atoms with van der Waals surface area (Å²) in [4.78, 5) is 0. The van der Waals surface area contributed by atoms with Crippen molar-refractivity contribution in [1.82, 2.24) is 9.13 Å². The lowest BCUT2D eigenvalue weighted by Gasteiger charge is -2.15. The standard InChI is InChI=1S/C34H16N6/c35-17-21-7-5-8-22(18-36)31(21)39-29-13-3-1-11-25(29)27-15-16-28-26-12-2-4-14-30(26)40(34(28)33(27)39)32-23(19-37)9-6-10-24(32)20-38/h1-16H. The molecule has 7 aromatic rings. The van der Waals surface area contributed by atoms with E-state index in [9.17, 15) is 21.0 Å². The van der Waals surface area contributed by atoms with Crippen molar-refractivity contribution in [3.05, 3.63) is 119 Å². The zero-order valence-electron chi connectivity index (χ0n) is 20.9. The third kappa shape index (κ3) is 2.94. The number of fused-ring (bicyclic) bond motifs is 7. The highest BCUT2D eigenvalue weighted by Crippen LogP contribution is 2.43. The number of nitriles is 4. The van der Waals surface area contributed by atoms with Crippen molar-refractivity contribution in [3.63, 3.8) is 0 Å². The summed E-state index contributed by atoms with van der Waals surface area (Å²) in [5.41, 5.74) is 5.73. The molecule has 6 heteroatoms. The van der Waals surface area contributed by atoms with Crippen molar-refractivity contribution < 1.29 is 0 Å². The molecule has 0 saturated carbocycles. The summed E-state index contributed by atoms with van der Waals surface area (Å²) in [6.45, 7) is 0. The fourth-order valence-corrected chi connectivity index (χ4v) is 5.89. The Hall–Kier alpha value is -6.34. The molecule has 0 N–H and O–H groups in total. The van der Waals surface area contributed by atoms with Gasteiger partial charge in [0.1, 0.15) is 24.3 Å². The van der Waals surface area contributed by atoms with Crippen LogP contribution >= 0.6 is 0 Å². The zero-order chi connectivity index (χ0) is 27.4. The second-order valence-electron chi connectivity index (χ2n) is 9.41. The van der Waals surface area contributed by atoms with Gasteiger partial charge in [-0.2, -0.15) is 21.0 Å². The Morgan fingerprint density at radius 2 is 0.725 bits per heavy atom. The topological polar surface area (TPSA) is 105 Å². The van der Waals surface area contributed by atoms with Crippen LogP contribution in [0.1, 0.15) is 22.3 Å². The van der Waals surface area contributed by atoms with Crippen LogP contribution in [0.2, 0.25) is 0 Å². The molecule has 0 radical (unpaired) electrons. The van der Waals surface area contributed by atoms with Gasteiger partial charge in [0.2, 0.25) is 0 Å². The van der Waals surface area contributed by atoms with E-state index in [1.54, 1.807) is 36.4 Å². The van der Waals surface area contributed by atoms with E-state index in [0.29, 0.717) is 33.6 Å². The van der Waals surface area contributed by atoms with Crippen molar-refractivity contribution in [2.24, 2.45) is 0 Å². The minimum Gasteiger partial charge on any atom is -0.305 e. The second kappa shape index (κ2) is 8.61. The minimum absolute atomic E-state index is 0.372. The molecule has 0 atom stereocenters. The third-order valence-electron chi connectivity index (χ3n) is 7.47. The molecule has 0 amide bonds. The molecule has 0 fully saturated rings. The van der Waals surface area contributed by atoms with E-state index in [1.165, 1.54) is 0 Å². The van der Waals surface area contributed by atoms with E-state index in [2.05, 4.69) is 36.4 Å². The molecule has 0 spiro atoms. The average Bonchev–Trinajstić information content (AvgIpc) is 3.52. The van der Waals surface area contributed by atoms with Gasteiger partial charge < -0.3 is 9.13 Å². The molecule has 0 aliphatic carbocycles. The Morgan fingerprint density at radius 3 is 1.07 bits per heavy atom. The summed E-state index contributed by atoms with van der Waals surface area (Å²) >= 11 is 0. The highest BCUT2D eigenvalue weighted by molar-refractivity contribution is 6.24. The van der Waals surface area contributed by atoms with Crippen LogP contribution in [0.25, 0.3) is 55.0 Å². The molecule has 7 rings (SSSR count). The van der Waals surface area contributed by atoms with Gasteiger partial charge in [-0.1, -0.05) is 60.7 Å². The van der Waals surface area contributed by atoms with E-state index < -0.39 is 0 Å². The first-order valence-electron chi connectivity index (χ1n) is 12.5. The fraction of sp³-hybridized carbons (Fsp3) is 0. The van der Waals surface area contributed by atoms with Crippen LogP contribution in [0.15, 0.2) is 97.1 Å². The molecule has 2 aromatic heterocycles. The van der Waals surface area contributed by atoms with Crippen LogP contribution in [0, 0.1) is 45.3 Å². The van der Waals surface area contributed by atoms with E-state index >= 15 is 0 Å². The summed E-state index contributed by atoms with van der Waals surface area (Å²) in [5.74, 6) is 0. The monoisotopic (exact) mass is 508 g/mol. The predicted molar refractivity (Wildman–Crippen MR) is 154 cm³/mol. The van der Waals surface area contributed by atoms with Crippen LogP contribution in [-0.2, 0) is 0 Å². The molecule has 0 unspecified atom stereocenters. The predicted octanol–water partition coefficient (Wildman–Crippen LogP) is 7.37. The number of aromatic nitrogens is 2. The highest BCUT2D eigenvalue weighted by Gasteiger charge is 2.25. The van der Waals surface area contributed by atoms with Crippen molar-refractivity contribution in [2.75, 3.05) is 0 Å². The lowest BCUT2D eigenvalue weighted by Crippen LogP contribution is -2.05. The molecule has 0 bridgehead atoms. The van der Waals surface area contributed by atoms with Crippen LogP contribution in [0.3, 0.4) is 0 Å². The van der Waals surface area contributed by atoms with Crippen molar-refractivity contribution in [1.29, 1.82) is 21.0 Å². The van der Waals surface area contributed by atoms with E-state index in [0.717, 1.165) is 43.6 Å². The molecule has 182 valence electrons. The summed E-state index contributed by atoms with van der Waals surface area (Å²) in [6, 6.07) is 39.3. The molecule has 0 aliphatic rings. The smallest absolute Gasteiger partial charge is 0.101 e. The molecule has 2 heterocycles. The molecule has 40 heavy (non-hydrogen) atoms. The maximum Gasteiger partial charge on any atom is 0.101 e. The molecule has 0 saturated heterocycles. The number of nitrogens with zero attached hydrogens (tertiary/aromatic N) is 6. The van der Waals surface area contributed by atoms with Crippen molar-refractivity contribution in [3.8, 4) is 35.7 Å². The molecular weight excluding hydrogens is 492 g/mol. The summed E-state index contributed by atoms with van der Waals surface area (Å²) in [6.07, 6.45) is 0. The quantitative estimate of drug-likeness (QED) is 0.243. The fourth-order valence-electron chi connectivity index (χ4n) is 5.89. The van der Waals surface area contributed by atoms with Crippen LogP contribution < -0.4 is 0 Å². The number of para-hydroxylation sites is 4. The summed E-state index contributed by atoms with van der Waals surface area (Å²) in [7, 11) is 0. The lowest BCUT2D eigenvalue weighted by atomic mass is 10.1. The van der Waals surface area contributed by atoms with Crippen LogP contribution in [0.4, 0.5) is 0 Å². The third-order valence-corrected chi connectivity index (χ3v) is 7.47. The van der Waals surface area contributed by atoms with Gasteiger partial charge in [-0.25, -0.2) is 0 Å². The zero-order valence-corrected chi connectivity index (χ0v) is 20.9. The van der Waals surface area contributed by atoms with Gasteiger partial charge in [-0.15, -0.1) is 0 Å². The summed E-state index contributed by atoms with van der Waals surface area (Å²) < 4.78 is 3.97. The number of hydrogen-bond acceptors (Lipinski definition) is 4. The van der Waals surface area contributed by atoms with E-state index in [1.807, 2.05) is 57.7 Å². The van der Waals surface area contributed by atoms with Gasteiger partial charge in [-0.3, -0.25) is 0 Å². The first-order valence-corrected chi connectivity index (χ1v) is 12.5. The van der Waals surface area contributed by atoms with Gasteiger partial charge in [-0.05, 0) is 36.4 Å². The SMILES string of the molecule is N#Cc1cccc(C#N)c1-n1c2ccccc2c2ccc3c4ccccc4n(-c4c(C#N)cccc4C#N)c3c21. The maximum atomic E-state index is 10.1. The van der Waals surface area contributed by atoms with Crippen LogP contribution in [0.5, 0.6) is 0 Å². The normalized spacial score (nSPS) is 10.9. The number of benzene rings is 5. The second-order valence-corrected chi connectivity index (χ2v) is 9.41. The lowest BCUT2D eigenvalue weighted by molar-refractivity contribution is 1.13. The minimum atomic E-state index is 0.372.